The largest absolute Gasteiger partial charge is 0.315 e. The first-order valence-electron chi connectivity index (χ1n) is 5.24. The molecule has 0 aliphatic rings. The molecule has 0 unspecified atom stereocenters. The molecule has 0 spiro atoms. The van der Waals surface area contributed by atoms with Crippen LogP contribution >= 0.6 is 11.3 Å². The van der Waals surface area contributed by atoms with Crippen LogP contribution < -0.4 is 5.32 Å². The summed E-state index contributed by atoms with van der Waals surface area (Å²) in [6, 6.07) is 0. The molecule has 0 saturated carbocycles. The fraction of sp³-hybridized carbons (Fsp3) is 0.455. The lowest BCUT2D eigenvalue weighted by molar-refractivity contribution is 0.498. The predicted octanol–water partition coefficient (Wildman–Crippen LogP) is 1.58. The molecule has 1 heterocycles. The molecular formula is C11H18N2O2S2. The summed E-state index contributed by atoms with van der Waals surface area (Å²) in [4.78, 5) is 1.28. The Balaban J connectivity index is 3.22. The van der Waals surface area contributed by atoms with Gasteiger partial charge in [0.1, 0.15) is 4.90 Å². The molecule has 96 valence electrons. The number of hydrogen-bond donors (Lipinski definition) is 1. The molecule has 0 aliphatic heterocycles. The maximum Gasteiger partial charge on any atom is 0.244 e. The minimum Gasteiger partial charge on any atom is -0.315 e. The topological polar surface area (TPSA) is 49.4 Å². The van der Waals surface area contributed by atoms with Gasteiger partial charge in [0.2, 0.25) is 10.0 Å². The number of thiophene rings is 1. The molecule has 0 saturated heterocycles. The van der Waals surface area contributed by atoms with Gasteiger partial charge >= 0.3 is 0 Å². The van der Waals surface area contributed by atoms with E-state index in [0.29, 0.717) is 18.0 Å². The smallest absolute Gasteiger partial charge is 0.244 e. The van der Waals surface area contributed by atoms with Crippen molar-refractivity contribution >= 4 is 21.4 Å². The lowest BCUT2D eigenvalue weighted by Gasteiger charge is -2.16. The molecule has 0 bridgehead atoms. The standard InChI is InChI=1S/C11H18N2O2S2/c1-5-6-13(4)17(14,15)11-9(2)8-16-10(11)7-12-3/h5,8,12H,1,6-7H2,2-4H3. The van der Waals surface area contributed by atoms with E-state index in [9.17, 15) is 8.42 Å². The van der Waals surface area contributed by atoms with Crippen molar-refractivity contribution in [1.29, 1.82) is 0 Å². The molecule has 6 heteroatoms. The van der Waals surface area contributed by atoms with Crippen LogP contribution in [0.4, 0.5) is 0 Å². The quantitative estimate of drug-likeness (QED) is 0.801. The Morgan fingerprint density at radius 2 is 2.24 bits per heavy atom. The first-order valence-corrected chi connectivity index (χ1v) is 7.56. The van der Waals surface area contributed by atoms with Gasteiger partial charge in [0.15, 0.2) is 0 Å². The van der Waals surface area contributed by atoms with Gasteiger partial charge in [0.05, 0.1) is 0 Å². The van der Waals surface area contributed by atoms with Crippen LogP contribution in [0.2, 0.25) is 0 Å². The molecule has 0 amide bonds. The third-order valence-electron chi connectivity index (χ3n) is 2.38. The number of hydrogen-bond acceptors (Lipinski definition) is 4. The van der Waals surface area contributed by atoms with Gasteiger partial charge in [-0.15, -0.1) is 17.9 Å². The second-order valence-electron chi connectivity index (χ2n) is 3.78. The van der Waals surface area contributed by atoms with Gasteiger partial charge < -0.3 is 5.32 Å². The van der Waals surface area contributed by atoms with Gasteiger partial charge in [-0.1, -0.05) is 6.08 Å². The number of aryl methyl sites for hydroxylation is 1. The lowest BCUT2D eigenvalue weighted by Crippen LogP contribution is -2.28. The molecule has 0 fully saturated rings. The third kappa shape index (κ3) is 2.95. The summed E-state index contributed by atoms with van der Waals surface area (Å²) < 4.78 is 26.0. The number of sulfonamides is 1. The van der Waals surface area contributed by atoms with Crippen molar-refractivity contribution < 1.29 is 8.42 Å². The molecule has 0 radical (unpaired) electrons. The monoisotopic (exact) mass is 274 g/mol. The van der Waals surface area contributed by atoms with Gasteiger partial charge in [0, 0.05) is 25.0 Å². The van der Waals surface area contributed by atoms with Gasteiger partial charge in [-0.2, -0.15) is 4.31 Å². The Morgan fingerprint density at radius 1 is 1.59 bits per heavy atom. The highest BCUT2D eigenvalue weighted by Crippen LogP contribution is 2.28. The van der Waals surface area contributed by atoms with Crippen molar-refractivity contribution in [2.45, 2.75) is 18.4 Å². The Bertz CT molecular complexity index is 492. The second-order valence-corrected chi connectivity index (χ2v) is 6.72. The molecule has 0 aliphatic carbocycles. The Hall–Kier alpha value is -0.690. The van der Waals surface area contributed by atoms with E-state index >= 15 is 0 Å². The van der Waals surface area contributed by atoms with Crippen molar-refractivity contribution in [2.75, 3.05) is 20.6 Å². The van der Waals surface area contributed by atoms with E-state index in [2.05, 4.69) is 11.9 Å². The highest BCUT2D eigenvalue weighted by Gasteiger charge is 2.26. The van der Waals surface area contributed by atoms with Crippen molar-refractivity contribution in [3.63, 3.8) is 0 Å². The van der Waals surface area contributed by atoms with E-state index in [1.54, 1.807) is 20.2 Å². The average Bonchev–Trinajstić information content (AvgIpc) is 2.61. The summed E-state index contributed by atoms with van der Waals surface area (Å²) in [5.74, 6) is 0. The van der Waals surface area contributed by atoms with Crippen molar-refractivity contribution in [3.05, 3.63) is 28.5 Å². The number of likely N-dealkylation sites (N-methyl/N-ethyl adjacent to an activating group) is 1. The second kappa shape index (κ2) is 5.77. The Kier molecular flexibility index (Phi) is 4.88. The molecule has 0 atom stereocenters. The number of nitrogens with one attached hydrogen (secondary N) is 1. The minimum absolute atomic E-state index is 0.316. The Morgan fingerprint density at radius 3 is 2.76 bits per heavy atom. The van der Waals surface area contributed by atoms with Crippen molar-refractivity contribution in [1.82, 2.24) is 9.62 Å². The van der Waals surface area contributed by atoms with Crippen LogP contribution in [0.5, 0.6) is 0 Å². The summed E-state index contributed by atoms with van der Waals surface area (Å²) in [6.07, 6.45) is 1.58. The minimum atomic E-state index is -3.41. The van der Waals surface area contributed by atoms with Crippen LogP contribution in [0.1, 0.15) is 10.4 Å². The Labute approximate surface area is 107 Å². The summed E-state index contributed by atoms with van der Waals surface area (Å²) in [6.45, 7) is 6.27. The summed E-state index contributed by atoms with van der Waals surface area (Å²) in [5, 5.41) is 4.86. The lowest BCUT2D eigenvalue weighted by atomic mass is 10.3. The van der Waals surface area contributed by atoms with Crippen molar-refractivity contribution in [3.8, 4) is 0 Å². The van der Waals surface area contributed by atoms with Crippen LogP contribution in [0.3, 0.4) is 0 Å². The van der Waals surface area contributed by atoms with Crippen LogP contribution in [0.15, 0.2) is 22.9 Å². The number of rotatable bonds is 6. The van der Waals surface area contributed by atoms with E-state index in [-0.39, 0.29) is 0 Å². The van der Waals surface area contributed by atoms with Gasteiger partial charge in [0.25, 0.3) is 0 Å². The number of nitrogens with zero attached hydrogens (tertiary/aromatic N) is 1. The van der Waals surface area contributed by atoms with Crippen LogP contribution in [0.25, 0.3) is 0 Å². The maximum absolute atomic E-state index is 12.4. The van der Waals surface area contributed by atoms with Crippen LogP contribution in [-0.2, 0) is 16.6 Å². The van der Waals surface area contributed by atoms with E-state index in [1.807, 2.05) is 12.3 Å². The molecule has 1 rings (SSSR count). The fourth-order valence-electron chi connectivity index (χ4n) is 1.55. The molecule has 17 heavy (non-hydrogen) atoms. The van der Waals surface area contributed by atoms with Gasteiger partial charge in [-0.05, 0) is 24.9 Å². The van der Waals surface area contributed by atoms with E-state index < -0.39 is 10.0 Å². The average molecular weight is 274 g/mol. The first kappa shape index (κ1) is 14.4. The van der Waals surface area contributed by atoms with Gasteiger partial charge in [-0.25, -0.2) is 8.42 Å². The summed E-state index contributed by atoms with van der Waals surface area (Å²) in [5.41, 5.74) is 0.802. The third-order valence-corrected chi connectivity index (χ3v) is 5.67. The molecule has 0 aromatic carbocycles. The predicted molar refractivity (Wildman–Crippen MR) is 71.8 cm³/mol. The zero-order chi connectivity index (χ0) is 13.1. The zero-order valence-electron chi connectivity index (χ0n) is 10.4. The molecule has 1 aromatic heterocycles. The fourth-order valence-corrected chi connectivity index (χ4v) is 4.46. The van der Waals surface area contributed by atoms with Crippen LogP contribution in [0, 0.1) is 6.92 Å². The highest BCUT2D eigenvalue weighted by atomic mass is 32.2. The molecule has 1 aromatic rings. The van der Waals surface area contributed by atoms with E-state index in [1.165, 1.54) is 15.6 Å². The summed E-state index contributed by atoms with van der Waals surface area (Å²) in [7, 11) is -0.0376. The van der Waals surface area contributed by atoms with E-state index in [0.717, 1.165) is 10.4 Å². The molecular weight excluding hydrogens is 256 g/mol. The SMILES string of the molecule is C=CCN(C)S(=O)(=O)c1c(C)csc1CNC. The zero-order valence-corrected chi connectivity index (χ0v) is 12.0. The van der Waals surface area contributed by atoms with E-state index in [4.69, 9.17) is 0 Å². The van der Waals surface area contributed by atoms with Crippen molar-refractivity contribution in [2.24, 2.45) is 0 Å². The molecule has 1 N–H and O–H groups in total. The normalized spacial score (nSPS) is 12.0. The highest BCUT2D eigenvalue weighted by molar-refractivity contribution is 7.89. The molecule has 4 nitrogen and oxygen atoms in total. The first-order chi connectivity index (χ1) is 7.95. The maximum atomic E-state index is 12.4. The van der Waals surface area contributed by atoms with Gasteiger partial charge in [-0.3, -0.25) is 0 Å². The summed E-state index contributed by atoms with van der Waals surface area (Å²) >= 11 is 1.47. The van der Waals surface area contributed by atoms with Crippen LogP contribution in [-0.4, -0.2) is 33.4 Å².